The van der Waals surface area contributed by atoms with Gasteiger partial charge in [-0.3, -0.25) is 4.79 Å². The highest BCUT2D eigenvalue weighted by Crippen LogP contribution is 2.33. The van der Waals surface area contributed by atoms with Crippen LogP contribution in [0.1, 0.15) is 18.1 Å². The third kappa shape index (κ3) is 2.79. The summed E-state index contributed by atoms with van der Waals surface area (Å²) in [6.45, 7) is 2.42. The minimum atomic E-state index is -0.800. The Morgan fingerprint density at radius 3 is 3.06 bits per heavy atom. The lowest BCUT2D eigenvalue weighted by Crippen LogP contribution is -2.17. The maximum atomic E-state index is 10.9. The first-order chi connectivity index (χ1) is 8.08. The fraction of sp³-hybridized carbons (Fsp3) is 0.417. The Morgan fingerprint density at radius 1 is 1.59 bits per heavy atom. The van der Waals surface area contributed by atoms with E-state index in [1.165, 1.54) is 0 Å². The molecule has 0 bridgehead atoms. The van der Waals surface area contributed by atoms with E-state index in [0.29, 0.717) is 13.0 Å². The summed E-state index contributed by atoms with van der Waals surface area (Å²) in [7, 11) is 0. The molecule has 1 atom stereocenters. The molecule has 17 heavy (non-hydrogen) atoms. The quantitative estimate of drug-likeness (QED) is 0.932. The topological polar surface area (TPSA) is 55.8 Å². The van der Waals surface area contributed by atoms with Crippen molar-refractivity contribution in [2.45, 2.75) is 20.0 Å². The SMILES string of the molecule is CC(Cc1cc(Br)cc2c1OCOC2)C(=O)O. The van der Waals surface area contributed by atoms with Gasteiger partial charge in [0.1, 0.15) is 5.75 Å². The number of carboxylic acids is 1. The number of fused-ring (bicyclic) bond motifs is 1. The number of halogens is 1. The van der Waals surface area contributed by atoms with Crippen molar-refractivity contribution < 1.29 is 19.4 Å². The van der Waals surface area contributed by atoms with E-state index < -0.39 is 11.9 Å². The molecule has 1 aromatic rings. The Kier molecular flexibility index (Phi) is 3.69. The van der Waals surface area contributed by atoms with Gasteiger partial charge in [-0.1, -0.05) is 22.9 Å². The standard InChI is InChI=1S/C12H13BrO4/c1-7(12(14)15)2-8-3-10(13)4-9-5-16-6-17-11(8)9/h3-4,7H,2,5-6H2,1H3,(H,14,15). The average molecular weight is 301 g/mol. The minimum Gasteiger partial charge on any atom is -0.481 e. The lowest BCUT2D eigenvalue weighted by Gasteiger charge is -2.21. The van der Waals surface area contributed by atoms with Crippen LogP contribution in [-0.4, -0.2) is 17.9 Å². The van der Waals surface area contributed by atoms with Crippen LogP contribution in [0.4, 0.5) is 0 Å². The Bertz CT molecular complexity index is 444. The van der Waals surface area contributed by atoms with Gasteiger partial charge in [-0.25, -0.2) is 0 Å². The van der Waals surface area contributed by atoms with Crippen LogP contribution in [0.3, 0.4) is 0 Å². The predicted octanol–water partition coefficient (Wildman–Crippen LogP) is 2.58. The number of aliphatic carboxylic acids is 1. The third-order valence-electron chi connectivity index (χ3n) is 2.70. The summed E-state index contributed by atoms with van der Waals surface area (Å²) in [5, 5.41) is 8.94. The van der Waals surface area contributed by atoms with Gasteiger partial charge in [0, 0.05) is 10.0 Å². The Morgan fingerprint density at radius 2 is 2.35 bits per heavy atom. The van der Waals surface area contributed by atoms with Gasteiger partial charge in [0.2, 0.25) is 0 Å². The summed E-state index contributed by atoms with van der Waals surface area (Å²) in [5.74, 6) is -0.460. The van der Waals surface area contributed by atoms with Crippen LogP contribution in [-0.2, 0) is 22.6 Å². The zero-order valence-corrected chi connectivity index (χ0v) is 11.0. The van der Waals surface area contributed by atoms with Gasteiger partial charge in [-0.05, 0) is 24.1 Å². The first-order valence-electron chi connectivity index (χ1n) is 5.32. The first-order valence-corrected chi connectivity index (χ1v) is 6.12. The number of hydrogen-bond donors (Lipinski definition) is 1. The lowest BCUT2D eigenvalue weighted by molar-refractivity contribution is -0.141. The molecule has 1 aliphatic heterocycles. The Balaban J connectivity index is 2.32. The van der Waals surface area contributed by atoms with Gasteiger partial charge in [-0.2, -0.15) is 0 Å². The number of carbonyl (C=O) groups is 1. The van der Waals surface area contributed by atoms with Crippen LogP contribution in [0.2, 0.25) is 0 Å². The first kappa shape index (κ1) is 12.4. The summed E-state index contributed by atoms with van der Waals surface area (Å²) in [6.07, 6.45) is 0.455. The maximum absolute atomic E-state index is 10.9. The van der Waals surface area contributed by atoms with Crippen LogP contribution in [0.25, 0.3) is 0 Å². The second kappa shape index (κ2) is 5.06. The van der Waals surface area contributed by atoms with Crippen LogP contribution in [0.5, 0.6) is 5.75 Å². The second-order valence-electron chi connectivity index (χ2n) is 4.11. The molecule has 5 heteroatoms. The normalized spacial score (nSPS) is 15.9. The fourth-order valence-electron chi connectivity index (χ4n) is 1.83. The molecule has 0 spiro atoms. The molecule has 1 N–H and O–H groups in total. The monoisotopic (exact) mass is 300 g/mol. The van der Waals surface area contributed by atoms with E-state index >= 15 is 0 Å². The molecule has 0 radical (unpaired) electrons. The van der Waals surface area contributed by atoms with Gasteiger partial charge < -0.3 is 14.6 Å². The highest BCUT2D eigenvalue weighted by molar-refractivity contribution is 9.10. The van der Waals surface area contributed by atoms with Crippen LogP contribution in [0.15, 0.2) is 16.6 Å². The van der Waals surface area contributed by atoms with E-state index in [9.17, 15) is 4.79 Å². The molecule has 0 aromatic heterocycles. The minimum absolute atomic E-state index is 0.225. The molecule has 92 valence electrons. The molecule has 0 saturated heterocycles. The number of carboxylic acid groups (broad SMARTS) is 1. The van der Waals surface area contributed by atoms with E-state index in [1.807, 2.05) is 12.1 Å². The molecular weight excluding hydrogens is 288 g/mol. The van der Waals surface area contributed by atoms with Crippen molar-refractivity contribution >= 4 is 21.9 Å². The summed E-state index contributed by atoms with van der Waals surface area (Å²) in [6, 6.07) is 3.84. The van der Waals surface area contributed by atoms with Crippen molar-refractivity contribution in [3.05, 3.63) is 27.7 Å². The van der Waals surface area contributed by atoms with Crippen molar-refractivity contribution in [2.24, 2.45) is 5.92 Å². The summed E-state index contributed by atoms with van der Waals surface area (Å²) in [4.78, 5) is 10.9. The van der Waals surface area contributed by atoms with E-state index in [1.54, 1.807) is 6.92 Å². The molecule has 1 aromatic carbocycles. The van der Waals surface area contributed by atoms with Gasteiger partial charge in [0.15, 0.2) is 6.79 Å². The Hall–Kier alpha value is -1.07. The van der Waals surface area contributed by atoms with Crippen molar-refractivity contribution in [2.75, 3.05) is 6.79 Å². The zero-order valence-electron chi connectivity index (χ0n) is 9.40. The molecule has 0 aliphatic carbocycles. The number of rotatable bonds is 3. The lowest BCUT2D eigenvalue weighted by atomic mass is 9.98. The number of ether oxygens (including phenoxy) is 2. The second-order valence-corrected chi connectivity index (χ2v) is 5.02. The summed E-state index contributed by atoms with van der Waals surface area (Å²) < 4.78 is 11.6. The molecular formula is C12H13BrO4. The Labute approximate surface area is 108 Å². The summed E-state index contributed by atoms with van der Waals surface area (Å²) >= 11 is 3.41. The molecule has 1 aliphatic rings. The molecule has 1 heterocycles. The van der Waals surface area contributed by atoms with Crippen LogP contribution in [0, 0.1) is 5.92 Å². The smallest absolute Gasteiger partial charge is 0.306 e. The molecule has 0 saturated carbocycles. The van der Waals surface area contributed by atoms with Gasteiger partial charge in [0.05, 0.1) is 12.5 Å². The molecule has 0 fully saturated rings. The summed E-state index contributed by atoms with van der Waals surface area (Å²) in [5.41, 5.74) is 1.87. The fourth-order valence-corrected chi connectivity index (χ4v) is 2.38. The molecule has 0 amide bonds. The maximum Gasteiger partial charge on any atom is 0.306 e. The largest absolute Gasteiger partial charge is 0.481 e. The van der Waals surface area contributed by atoms with Crippen molar-refractivity contribution in [3.8, 4) is 5.75 Å². The van der Waals surface area contributed by atoms with Gasteiger partial charge in [-0.15, -0.1) is 0 Å². The van der Waals surface area contributed by atoms with E-state index in [-0.39, 0.29) is 6.79 Å². The highest BCUT2D eigenvalue weighted by Gasteiger charge is 2.20. The van der Waals surface area contributed by atoms with Crippen LogP contribution < -0.4 is 4.74 Å². The van der Waals surface area contributed by atoms with Crippen molar-refractivity contribution in [3.63, 3.8) is 0 Å². The molecule has 1 unspecified atom stereocenters. The van der Waals surface area contributed by atoms with E-state index in [2.05, 4.69) is 15.9 Å². The van der Waals surface area contributed by atoms with Gasteiger partial charge in [0.25, 0.3) is 0 Å². The van der Waals surface area contributed by atoms with Crippen LogP contribution >= 0.6 is 15.9 Å². The van der Waals surface area contributed by atoms with Crippen molar-refractivity contribution in [1.29, 1.82) is 0 Å². The predicted molar refractivity (Wildman–Crippen MR) is 64.9 cm³/mol. The van der Waals surface area contributed by atoms with Crippen molar-refractivity contribution in [1.82, 2.24) is 0 Å². The molecule has 2 rings (SSSR count). The van der Waals surface area contributed by atoms with Gasteiger partial charge >= 0.3 is 5.97 Å². The number of hydrogen-bond acceptors (Lipinski definition) is 3. The molecule has 4 nitrogen and oxygen atoms in total. The average Bonchev–Trinajstić information content (AvgIpc) is 2.28. The van der Waals surface area contributed by atoms with E-state index in [4.69, 9.17) is 14.6 Å². The van der Waals surface area contributed by atoms with E-state index in [0.717, 1.165) is 21.3 Å². The number of benzene rings is 1. The third-order valence-corrected chi connectivity index (χ3v) is 3.16. The highest BCUT2D eigenvalue weighted by atomic mass is 79.9. The zero-order chi connectivity index (χ0) is 12.4.